The Labute approximate surface area is 105 Å². The summed E-state index contributed by atoms with van der Waals surface area (Å²) in [7, 11) is 2.21. The second-order valence-corrected chi connectivity index (χ2v) is 5.13. The van der Waals surface area contributed by atoms with Gasteiger partial charge in [0.15, 0.2) is 0 Å². The van der Waals surface area contributed by atoms with E-state index in [-0.39, 0.29) is 0 Å². The first-order valence-electron chi connectivity index (χ1n) is 6.77. The van der Waals surface area contributed by atoms with Crippen molar-refractivity contribution < 1.29 is 0 Å². The SMILES string of the molecule is CCc1cccc(CNC2CCN(C)CC2)c1. The lowest BCUT2D eigenvalue weighted by Crippen LogP contribution is -2.40. The number of nitrogens with one attached hydrogen (secondary N) is 1. The van der Waals surface area contributed by atoms with Gasteiger partial charge in [0.1, 0.15) is 0 Å². The minimum absolute atomic E-state index is 0.705. The van der Waals surface area contributed by atoms with Crippen molar-refractivity contribution in [2.45, 2.75) is 38.8 Å². The van der Waals surface area contributed by atoms with Crippen LogP contribution in [-0.4, -0.2) is 31.1 Å². The average Bonchev–Trinajstić information content (AvgIpc) is 2.38. The molecule has 0 bridgehead atoms. The third-order valence-corrected chi connectivity index (χ3v) is 3.71. The van der Waals surface area contributed by atoms with Gasteiger partial charge in [-0.05, 0) is 50.5 Å². The van der Waals surface area contributed by atoms with Crippen molar-refractivity contribution in [1.82, 2.24) is 10.2 Å². The number of hydrogen-bond donors (Lipinski definition) is 1. The smallest absolute Gasteiger partial charge is 0.0208 e. The summed E-state index contributed by atoms with van der Waals surface area (Å²) >= 11 is 0. The summed E-state index contributed by atoms with van der Waals surface area (Å²) in [6, 6.07) is 9.63. The fourth-order valence-electron chi connectivity index (χ4n) is 2.43. The summed E-state index contributed by atoms with van der Waals surface area (Å²) in [4.78, 5) is 2.41. The summed E-state index contributed by atoms with van der Waals surface area (Å²) in [5.74, 6) is 0. The van der Waals surface area contributed by atoms with Crippen LogP contribution in [-0.2, 0) is 13.0 Å². The zero-order chi connectivity index (χ0) is 12.1. The fourth-order valence-corrected chi connectivity index (χ4v) is 2.43. The van der Waals surface area contributed by atoms with E-state index in [4.69, 9.17) is 0 Å². The Kier molecular flexibility index (Phi) is 4.57. The van der Waals surface area contributed by atoms with Gasteiger partial charge in [-0.1, -0.05) is 31.2 Å². The maximum absolute atomic E-state index is 3.68. The zero-order valence-electron chi connectivity index (χ0n) is 11.1. The van der Waals surface area contributed by atoms with E-state index in [9.17, 15) is 0 Å². The third kappa shape index (κ3) is 3.83. The van der Waals surface area contributed by atoms with Gasteiger partial charge in [-0.15, -0.1) is 0 Å². The average molecular weight is 232 g/mol. The van der Waals surface area contributed by atoms with Crippen LogP contribution in [0.15, 0.2) is 24.3 Å². The number of rotatable bonds is 4. The highest BCUT2D eigenvalue weighted by molar-refractivity contribution is 5.23. The first-order valence-corrected chi connectivity index (χ1v) is 6.77. The molecule has 0 unspecified atom stereocenters. The van der Waals surface area contributed by atoms with E-state index in [1.165, 1.54) is 37.1 Å². The largest absolute Gasteiger partial charge is 0.310 e. The summed E-state index contributed by atoms with van der Waals surface area (Å²) in [5.41, 5.74) is 2.86. The van der Waals surface area contributed by atoms with E-state index >= 15 is 0 Å². The van der Waals surface area contributed by atoms with E-state index in [1.807, 2.05) is 0 Å². The molecule has 2 rings (SSSR count). The molecule has 1 saturated heterocycles. The molecule has 1 heterocycles. The lowest BCUT2D eigenvalue weighted by molar-refractivity contribution is 0.234. The minimum atomic E-state index is 0.705. The molecule has 17 heavy (non-hydrogen) atoms. The Balaban J connectivity index is 1.81. The van der Waals surface area contributed by atoms with E-state index < -0.39 is 0 Å². The second kappa shape index (κ2) is 6.18. The highest BCUT2D eigenvalue weighted by atomic mass is 15.1. The first-order chi connectivity index (χ1) is 8.28. The van der Waals surface area contributed by atoms with Crippen molar-refractivity contribution in [3.8, 4) is 0 Å². The van der Waals surface area contributed by atoms with Crippen molar-refractivity contribution in [3.05, 3.63) is 35.4 Å². The highest BCUT2D eigenvalue weighted by Crippen LogP contribution is 2.10. The molecule has 1 fully saturated rings. The summed E-state index contributed by atoms with van der Waals surface area (Å²) in [6.07, 6.45) is 3.69. The van der Waals surface area contributed by atoms with Gasteiger partial charge in [0.25, 0.3) is 0 Å². The first kappa shape index (κ1) is 12.6. The summed E-state index contributed by atoms with van der Waals surface area (Å²) in [5, 5.41) is 3.68. The van der Waals surface area contributed by atoms with Crippen molar-refractivity contribution in [2.75, 3.05) is 20.1 Å². The Morgan fingerprint density at radius 3 is 2.65 bits per heavy atom. The Bertz CT molecular complexity index is 341. The van der Waals surface area contributed by atoms with Crippen molar-refractivity contribution >= 4 is 0 Å². The molecule has 1 aliphatic heterocycles. The molecule has 1 aliphatic rings. The molecular weight excluding hydrogens is 208 g/mol. The Morgan fingerprint density at radius 2 is 1.94 bits per heavy atom. The van der Waals surface area contributed by atoms with Gasteiger partial charge < -0.3 is 10.2 Å². The van der Waals surface area contributed by atoms with Crippen molar-refractivity contribution in [1.29, 1.82) is 0 Å². The monoisotopic (exact) mass is 232 g/mol. The van der Waals surface area contributed by atoms with Gasteiger partial charge in [-0.2, -0.15) is 0 Å². The molecule has 1 aromatic rings. The molecule has 1 N–H and O–H groups in total. The highest BCUT2D eigenvalue weighted by Gasteiger charge is 2.15. The van der Waals surface area contributed by atoms with E-state index in [1.54, 1.807) is 0 Å². The van der Waals surface area contributed by atoms with Gasteiger partial charge in [0.05, 0.1) is 0 Å². The number of aryl methyl sites for hydroxylation is 1. The van der Waals surface area contributed by atoms with Crippen molar-refractivity contribution in [2.24, 2.45) is 0 Å². The normalized spacial score (nSPS) is 18.5. The molecule has 2 nitrogen and oxygen atoms in total. The molecule has 0 aliphatic carbocycles. The van der Waals surface area contributed by atoms with Gasteiger partial charge in [-0.25, -0.2) is 0 Å². The maximum Gasteiger partial charge on any atom is 0.0208 e. The molecule has 1 aromatic carbocycles. The quantitative estimate of drug-likeness (QED) is 0.857. The van der Waals surface area contributed by atoms with Crippen LogP contribution in [0.4, 0.5) is 0 Å². The molecule has 0 amide bonds. The molecular formula is C15H24N2. The third-order valence-electron chi connectivity index (χ3n) is 3.71. The lowest BCUT2D eigenvalue weighted by Gasteiger charge is -2.29. The predicted octanol–water partition coefficient (Wildman–Crippen LogP) is 2.43. The van der Waals surface area contributed by atoms with Gasteiger partial charge in [0, 0.05) is 12.6 Å². The van der Waals surface area contributed by atoms with Crippen LogP contribution in [0.2, 0.25) is 0 Å². The Hall–Kier alpha value is -0.860. The fraction of sp³-hybridized carbons (Fsp3) is 0.600. The number of benzene rings is 1. The number of likely N-dealkylation sites (tertiary alicyclic amines) is 1. The van der Waals surface area contributed by atoms with E-state index in [0.29, 0.717) is 6.04 Å². The molecule has 0 aromatic heterocycles. The van der Waals surface area contributed by atoms with Crippen LogP contribution in [0.1, 0.15) is 30.9 Å². The minimum Gasteiger partial charge on any atom is -0.310 e. The van der Waals surface area contributed by atoms with Crippen LogP contribution in [0.25, 0.3) is 0 Å². The molecule has 0 spiro atoms. The van der Waals surface area contributed by atoms with Gasteiger partial charge in [0.2, 0.25) is 0 Å². The lowest BCUT2D eigenvalue weighted by atomic mass is 10.0. The van der Waals surface area contributed by atoms with Gasteiger partial charge in [-0.3, -0.25) is 0 Å². The summed E-state index contributed by atoms with van der Waals surface area (Å²) in [6.45, 7) is 5.69. The zero-order valence-corrected chi connectivity index (χ0v) is 11.1. The van der Waals surface area contributed by atoms with E-state index in [2.05, 4.69) is 48.5 Å². The number of hydrogen-bond acceptors (Lipinski definition) is 2. The van der Waals surface area contributed by atoms with Crippen LogP contribution in [0.3, 0.4) is 0 Å². The van der Waals surface area contributed by atoms with Gasteiger partial charge >= 0.3 is 0 Å². The number of piperidine rings is 1. The van der Waals surface area contributed by atoms with Crippen LogP contribution in [0.5, 0.6) is 0 Å². The maximum atomic E-state index is 3.68. The van der Waals surface area contributed by atoms with E-state index in [0.717, 1.165) is 13.0 Å². The second-order valence-electron chi connectivity index (χ2n) is 5.13. The number of nitrogens with zero attached hydrogens (tertiary/aromatic N) is 1. The summed E-state index contributed by atoms with van der Waals surface area (Å²) < 4.78 is 0. The van der Waals surface area contributed by atoms with Crippen LogP contribution < -0.4 is 5.32 Å². The van der Waals surface area contributed by atoms with Crippen molar-refractivity contribution in [3.63, 3.8) is 0 Å². The van der Waals surface area contributed by atoms with Crippen LogP contribution in [0, 0.1) is 0 Å². The van der Waals surface area contributed by atoms with Crippen LogP contribution >= 0.6 is 0 Å². The molecule has 0 saturated carbocycles. The Morgan fingerprint density at radius 1 is 1.24 bits per heavy atom. The topological polar surface area (TPSA) is 15.3 Å². The molecule has 0 atom stereocenters. The molecule has 0 radical (unpaired) electrons. The molecule has 94 valence electrons. The molecule has 2 heteroatoms. The predicted molar refractivity (Wildman–Crippen MR) is 73.2 cm³/mol. The standard InChI is InChI=1S/C15H24N2/c1-3-13-5-4-6-14(11-13)12-16-15-7-9-17(2)10-8-15/h4-6,11,15-16H,3,7-10,12H2,1-2H3.